The zero-order chi connectivity index (χ0) is 38.5. The summed E-state index contributed by atoms with van der Waals surface area (Å²) < 4.78 is 10.7. The van der Waals surface area contributed by atoms with Crippen molar-refractivity contribution < 1.29 is 38.2 Å². The Morgan fingerprint density at radius 2 is 1.25 bits per heavy atom. The lowest BCUT2D eigenvalue weighted by Crippen LogP contribution is -2.56. The van der Waals surface area contributed by atoms with Gasteiger partial charge in [-0.2, -0.15) is 0 Å². The number of nitrogens with one attached hydrogen (secondary N) is 5. The monoisotopic (exact) mass is 727 g/mol. The molecule has 0 radical (unpaired) electrons. The van der Waals surface area contributed by atoms with Crippen molar-refractivity contribution in [1.29, 1.82) is 0 Å². The van der Waals surface area contributed by atoms with Crippen LogP contribution in [0.25, 0.3) is 11.1 Å². The van der Waals surface area contributed by atoms with E-state index in [1.54, 1.807) is 45.0 Å². The molecule has 0 aliphatic heterocycles. The van der Waals surface area contributed by atoms with Crippen LogP contribution in [0.4, 0.5) is 4.79 Å². The molecule has 0 bridgehead atoms. The number of ether oxygens (including phenoxy) is 2. The predicted molar refractivity (Wildman–Crippen MR) is 198 cm³/mol. The molecular formula is C40H49N5O8. The van der Waals surface area contributed by atoms with Gasteiger partial charge >= 0.3 is 12.1 Å². The second-order valence-electron chi connectivity index (χ2n) is 14.3. The Kier molecular flexibility index (Phi) is 14.1. The number of hydrogen-bond donors (Lipinski definition) is 5. The SMILES string of the molecule is CC(C)C[C@H](NC(=O)[C@H](Cc1ccccc1)NC(=O)CNC(=O)CNC(=O)OCC1c2ccccc2-c2ccccc21)C(=O)NCC(=O)OC(C)(C)C. The van der Waals surface area contributed by atoms with Crippen molar-refractivity contribution >= 4 is 35.7 Å². The first-order valence-corrected chi connectivity index (χ1v) is 17.7. The maximum Gasteiger partial charge on any atom is 0.407 e. The lowest BCUT2D eigenvalue weighted by molar-refractivity contribution is -0.154. The van der Waals surface area contributed by atoms with E-state index >= 15 is 0 Å². The molecule has 13 nitrogen and oxygen atoms in total. The van der Waals surface area contributed by atoms with E-state index in [0.29, 0.717) is 0 Å². The Morgan fingerprint density at radius 1 is 0.660 bits per heavy atom. The van der Waals surface area contributed by atoms with Gasteiger partial charge in [-0.1, -0.05) is 92.7 Å². The fourth-order valence-corrected chi connectivity index (χ4v) is 5.98. The largest absolute Gasteiger partial charge is 0.459 e. The van der Waals surface area contributed by atoms with E-state index in [-0.39, 0.29) is 37.8 Å². The molecule has 0 spiro atoms. The quantitative estimate of drug-likeness (QED) is 0.139. The number of amides is 5. The molecule has 1 aliphatic carbocycles. The highest BCUT2D eigenvalue weighted by atomic mass is 16.6. The fourth-order valence-electron chi connectivity index (χ4n) is 5.98. The highest BCUT2D eigenvalue weighted by Gasteiger charge is 2.30. The normalized spacial score (nSPS) is 13.1. The van der Waals surface area contributed by atoms with Crippen molar-refractivity contribution in [3.8, 4) is 11.1 Å². The van der Waals surface area contributed by atoms with Crippen molar-refractivity contribution in [2.75, 3.05) is 26.2 Å². The van der Waals surface area contributed by atoms with Crippen LogP contribution in [0.3, 0.4) is 0 Å². The zero-order valence-corrected chi connectivity index (χ0v) is 30.8. The minimum absolute atomic E-state index is 0.00647. The van der Waals surface area contributed by atoms with Crippen molar-refractivity contribution in [1.82, 2.24) is 26.6 Å². The predicted octanol–water partition coefficient (Wildman–Crippen LogP) is 3.36. The summed E-state index contributed by atoms with van der Waals surface area (Å²) in [4.78, 5) is 76.8. The molecule has 0 fully saturated rings. The summed E-state index contributed by atoms with van der Waals surface area (Å²) in [7, 11) is 0. The zero-order valence-electron chi connectivity index (χ0n) is 30.8. The van der Waals surface area contributed by atoms with Crippen LogP contribution < -0.4 is 26.6 Å². The van der Waals surface area contributed by atoms with Crippen LogP contribution in [0.2, 0.25) is 0 Å². The van der Waals surface area contributed by atoms with E-state index in [1.807, 2.05) is 68.4 Å². The molecule has 13 heteroatoms. The van der Waals surface area contributed by atoms with Gasteiger partial charge in [0.05, 0.1) is 6.54 Å². The first kappa shape index (κ1) is 40.1. The molecule has 1 aliphatic rings. The van der Waals surface area contributed by atoms with Crippen molar-refractivity contribution in [3.63, 3.8) is 0 Å². The molecule has 0 saturated carbocycles. The van der Waals surface area contributed by atoms with Gasteiger partial charge in [0, 0.05) is 12.3 Å². The number of benzene rings is 3. The van der Waals surface area contributed by atoms with Crippen LogP contribution in [0.1, 0.15) is 63.6 Å². The third-order valence-corrected chi connectivity index (χ3v) is 8.28. The standard InChI is InChI=1S/C40H49N5O8/c1-25(2)19-32(37(49)42-23-36(48)53-40(3,4)5)45-38(50)33(20-26-13-7-6-8-14-26)44-35(47)22-41-34(46)21-43-39(51)52-24-31-29-17-11-9-15-27(29)28-16-10-12-18-30(28)31/h6-18,25,31-33H,19-24H2,1-5H3,(H,41,46)(H,42,49)(H,43,51)(H,44,47)(H,45,50)/t32-,33-/m0/s1. The van der Waals surface area contributed by atoms with Gasteiger partial charge in [-0.15, -0.1) is 0 Å². The Morgan fingerprint density at radius 3 is 1.85 bits per heavy atom. The van der Waals surface area contributed by atoms with E-state index < -0.39 is 66.5 Å². The summed E-state index contributed by atoms with van der Waals surface area (Å²) >= 11 is 0. The van der Waals surface area contributed by atoms with E-state index in [2.05, 4.69) is 26.6 Å². The van der Waals surface area contributed by atoms with Gasteiger partial charge in [-0.25, -0.2) is 4.79 Å². The number of carbonyl (C=O) groups excluding carboxylic acids is 6. The van der Waals surface area contributed by atoms with Crippen LogP contribution in [-0.4, -0.2) is 79.6 Å². The number of hydrogen-bond acceptors (Lipinski definition) is 8. The highest BCUT2D eigenvalue weighted by molar-refractivity contribution is 5.94. The average molecular weight is 728 g/mol. The van der Waals surface area contributed by atoms with Gasteiger partial charge in [0.2, 0.25) is 23.6 Å². The molecule has 4 rings (SSSR count). The number of carbonyl (C=O) groups is 6. The second kappa shape index (κ2) is 18.7. The van der Waals surface area contributed by atoms with Crippen molar-refractivity contribution in [3.05, 3.63) is 95.6 Å². The molecule has 3 aromatic carbocycles. The Labute approximate surface area is 310 Å². The van der Waals surface area contributed by atoms with Crippen LogP contribution in [0.15, 0.2) is 78.9 Å². The summed E-state index contributed by atoms with van der Waals surface area (Å²) in [5.74, 6) is -3.25. The van der Waals surface area contributed by atoms with Crippen LogP contribution in [0.5, 0.6) is 0 Å². The van der Waals surface area contributed by atoms with E-state index in [1.165, 1.54) is 0 Å². The molecule has 0 aromatic heterocycles. The molecule has 282 valence electrons. The van der Waals surface area contributed by atoms with Crippen molar-refractivity contribution in [2.45, 2.75) is 71.1 Å². The first-order chi connectivity index (χ1) is 25.2. The summed E-state index contributed by atoms with van der Waals surface area (Å²) in [6, 6.07) is 22.8. The number of fused-ring (bicyclic) bond motifs is 3. The molecule has 5 amide bonds. The topological polar surface area (TPSA) is 181 Å². The second-order valence-corrected chi connectivity index (χ2v) is 14.3. The van der Waals surface area contributed by atoms with E-state index in [0.717, 1.165) is 27.8 Å². The fraction of sp³-hybridized carbons (Fsp3) is 0.400. The third kappa shape index (κ3) is 12.5. The molecule has 3 aromatic rings. The maximum absolute atomic E-state index is 13.6. The Hall–Kier alpha value is -5.72. The molecule has 5 N–H and O–H groups in total. The number of alkyl carbamates (subject to hydrolysis) is 1. The summed E-state index contributed by atoms with van der Waals surface area (Å²) in [5, 5.41) is 12.7. The number of esters is 1. The highest BCUT2D eigenvalue weighted by Crippen LogP contribution is 2.44. The van der Waals surface area contributed by atoms with Gasteiger partial charge in [0.25, 0.3) is 0 Å². The minimum Gasteiger partial charge on any atom is -0.459 e. The Balaban J connectivity index is 1.28. The van der Waals surface area contributed by atoms with Crippen LogP contribution in [0, 0.1) is 5.92 Å². The lowest BCUT2D eigenvalue weighted by atomic mass is 9.98. The van der Waals surface area contributed by atoms with E-state index in [9.17, 15) is 28.8 Å². The van der Waals surface area contributed by atoms with Crippen molar-refractivity contribution in [2.24, 2.45) is 5.92 Å². The molecular weight excluding hydrogens is 678 g/mol. The molecule has 0 saturated heterocycles. The average Bonchev–Trinajstić information content (AvgIpc) is 3.43. The molecule has 0 heterocycles. The third-order valence-electron chi connectivity index (χ3n) is 8.28. The van der Waals surface area contributed by atoms with Gasteiger partial charge in [-0.3, -0.25) is 24.0 Å². The van der Waals surface area contributed by atoms with Gasteiger partial charge in [-0.05, 0) is 60.9 Å². The van der Waals surface area contributed by atoms with E-state index in [4.69, 9.17) is 9.47 Å². The van der Waals surface area contributed by atoms with Gasteiger partial charge in [0.1, 0.15) is 37.4 Å². The summed E-state index contributed by atoms with van der Waals surface area (Å²) in [5.41, 5.74) is 4.32. The minimum atomic E-state index is -1.10. The molecule has 0 unspecified atom stereocenters. The molecule has 2 atom stereocenters. The smallest absolute Gasteiger partial charge is 0.407 e. The van der Waals surface area contributed by atoms with Crippen LogP contribution >= 0.6 is 0 Å². The Bertz CT molecular complexity index is 1730. The van der Waals surface area contributed by atoms with Gasteiger partial charge < -0.3 is 36.1 Å². The van der Waals surface area contributed by atoms with Crippen LogP contribution in [-0.2, 0) is 39.9 Å². The molecule has 53 heavy (non-hydrogen) atoms. The lowest BCUT2D eigenvalue weighted by Gasteiger charge is -2.25. The maximum atomic E-state index is 13.6. The number of rotatable bonds is 16. The summed E-state index contributed by atoms with van der Waals surface area (Å²) in [6.07, 6.45) is -0.411. The first-order valence-electron chi connectivity index (χ1n) is 17.7. The summed E-state index contributed by atoms with van der Waals surface area (Å²) in [6.45, 7) is 7.70. The van der Waals surface area contributed by atoms with Gasteiger partial charge in [0.15, 0.2) is 0 Å².